The van der Waals surface area contributed by atoms with Crippen LogP contribution in [0.15, 0.2) is 18.2 Å². The Morgan fingerprint density at radius 2 is 2.06 bits per heavy atom. The molecule has 0 radical (unpaired) electrons. The van der Waals surface area contributed by atoms with Crippen LogP contribution < -0.4 is 5.32 Å². The second kappa shape index (κ2) is 6.34. The highest BCUT2D eigenvalue weighted by atomic mass is 35.5. The van der Waals surface area contributed by atoms with Crippen molar-refractivity contribution in [1.29, 1.82) is 0 Å². The van der Waals surface area contributed by atoms with Gasteiger partial charge in [0.1, 0.15) is 5.82 Å². The molecule has 0 spiro atoms. The third-order valence-corrected chi connectivity index (χ3v) is 3.24. The van der Waals surface area contributed by atoms with Gasteiger partial charge in [-0.1, -0.05) is 11.6 Å². The molecule has 1 aliphatic heterocycles. The van der Waals surface area contributed by atoms with E-state index in [0.717, 1.165) is 38.2 Å². The molecular weight excluding hydrogens is 241 g/mol. The topological polar surface area (TPSA) is 21.3 Å². The van der Waals surface area contributed by atoms with E-state index in [4.69, 9.17) is 16.3 Å². The molecule has 1 N–H and O–H groups in total. The van der Waals surface area contributed by atoms with Crippen molar-refractivity contribution in [3.63, 3.8) is 0 Å². The van der Waals surface area contributed by atoms with E-state index >= 15 is 0 Å². The van der Waals surface area contributed by atoms with Crippen LogP contribution in [0.4, 0.5) is 4.39 Å². The normalized spacial score (nSPS) is 17.3. The number of halogens is 2. The third kappa shape index (κ3) is 4.26. The Hall–Kier alpha value is -0.640. The number of rotatable bonds is 4. The Morgan fingerprint density at radius 3 is 2.76 bits per heavy atom. The first-order valence-electron chi connectivity index (χ1n) is 5.97. The first-order valence-corrected chi connectivity index (χ1v) is 6.35. The summed E-state index contributed by atoms with van der Waals surface area (Å²) in [6, 6.07) is 4.63. The van der Waals surface area contributed by atoms with Gasteiger partial charge in [-0.05, 0) is 49.1 Å². The Balaban J connectivity index is 1.77. The van der Waals surface area contributed by atoms with Crippen LogP contribution in [0, 0.1) is 11.7 Å². The number of nitrogens with one attached hydrogen (secondary N) is 1. The molecule has 2 rings (SSSR count). The van der Waals surface area contributed by atoms with E-state index in [1.165, 1.54) is 12.1 Å². The second-order valence-corrected chi connectivity index (χ2v) is 4.90. The van der Waals surface area contributed by atoms with Gasteiger partial charge in [0.05, 0.1) is 0 Å². The molecule has 0 saturated carbocycles. The van der Waals surface area contributed by atoms with Crippen LogP contribution in [-0.4, -0.2) is 19.8 Å². The van der Waals surface area contributed by atoms with Gasteiger partial charge in [0.15, 0.2) is 0 Å². The van der Waals surface area contributed by atoms with Crippen molar-refractivity contribution < 1.29 is 9.13 Å². The zero-order valence-electron chi connectivity index (χ0n) is 9.72. The summed E-state index contributed by atoms with van der Waals surface area (Å²) in [4.78, 5) is 0. The molecule has 0 amide bonds. The summed E-state index contributed by atoms with van der Waals surface area (Å²) in [5.74, 6) is 0.396. The second-order valence-electron chi connectivity index (χ2n) is 4.46. The largest absolute Gasteiger partial charge is 0.381 e. The van der Waals surface area contributed by atoms with Gasteiger partial charge in [0.25, 0.3) is 0 Å². The van der Waals surface area contributed by atoms with Crippen LogP contribution in [0.1, 0.15) is 18.4 Å². The molecule has 1 heterocycles. The van der Waals surface area contributed by atoms with Crippen LogP contribution in [-0.2, 0) is 11.3 Å². The molecule has 94 valence electrons. The van der Waals surface area contributed by atoms with Crippen molar-refractivity contribution in [1.82, 2.24) is 5.32 Å². The van der Waals surface area contributed by atoms with Crippen molar-refractivity contribution in [3.8, 4) is 0 Å². The highest BCUT2D eigenvalue weighted by Crippen LogP contribution is 2.15. The molecule has 0 unspecified atom stereocenters. The molecule has 2 nitrogen and oxygen atoms in total. The van der Waals surface area contributed by atoms with Gasteiger partial charge in [0.2, 0.25) is 0 Å². The molecular formula is C13H17ClFNO. The molecule has 0 atom stereocenters. The lowest BCUT2D eigenvalue weighted by Crippen LogP contribution is -2.27. The lowest BCUT2D eigenvalue weighted by Gasteiger charge is -2.22. The van der Waals surface area contributed by atoms with Crippen LogP contribution in [0.2, 0.25) is 5.02 Å². The smallest absolute Gasteiger partial charge is 0.125 e. The Kier molecular flexibility index (Phi) is 4.77. The van der Waals surface area contributed by atoms with E-state index in [-0.39, 0.29) is 5.82 Å². The summed E-state index contributed by atoms with van der Waals surface area (Å²) in [7, 11) is 0. The molecule has 1 aromatic carbocycles. The predicted octanol–water partition coefficient (Wildman–Crippen LogP) is 3.00. The van der Waals surface area contributed by atoms with Gasteiger partial charge < -0.3 is 10.1 Å². The van der Waals surface area contributed by atoms with Gasteiger partial charge in [-0.15, -0.1) is 0 Å². The van der Waals surface area contributed by atoms with Crippen LogP contribution in [0.3, 0.4) is 0 Å². The molecule has 1 aromatic rings. The first-order chi connectivity index (χ1) is 8.24. The third-order valence-electron chi connectivity index (χ3n) is 3.03. The molecule has 17 heavy (non-hydrogen) atoms. The molecule has 1 saturated heterocycles. The van der Waals surface area contributed by atoms with E-state index in [1.54, 1.807) is 6.07 Å². The van der Waals surface area contributed by atoms with E-state index in [9.17, 15) is 4.39 Å². The quantitative estimate of drug-likeness (QED) is 0.895. The summed E-state index contributed by atoms with van der Waals surface area (Å²) in [5, 5.41) is 3.80. The van der Waals surface area contributed by atoms with Gasteiger partial charge in [0, 0.05) is 24.8 Å². The van der Waals surface area contributed by atoms with E-state index in [0.29, 0.717) is 17.5 Å². The number of hydrogen-bond acceptors (Lipinski definition) is 2. The maximum absolute atomic E-state index is 13.1. The average Bonchev–Trinajstić information content (AvgIpc) is 2.29. The van der Waals surface area contributed by atoms with Crippen molar-refractivity contribution >= 4 is 11.6 Å². The van der Waals surface area contributed by atoms with Crippen molar-refractivity contribution in [3.05, 3.63) is 34.6 Å². The molecule has 0 aliphatic carbocycles. The monoisotopic (exact) mass is 257 g/mol. The van der Waals surface area contributed by atoms with E-state index in [2.05, 4.69) is 5.32 Å². The molecule has 1 fully saturated rings. The first kappa shape index (κ1) is 12.8. The Bertz CT molecular complexity index is 346. The summed E-state index contributed by atoms with van der Waals surface area (Å²) in [6.07, 6.45) is 2.22. The highest BCUT2D eigenvalue weighted by molar-refractivity contribution is 6.30. The summed E-state index contributed by atoms with van der Waals surface area (Å²) < 4.78 is 18.4. The minimum atomic E-state index is -0.277. The zero-order chi connectivity index (χ0) is 12.1. The lowest BCUT2D eigenvalue weighted by atomic mass is 10.0. The minimum Gasteiger partial charge on any atom is -0.381 e. The Labute approximate surface area is 106 Å². The fourth-order valence-electron chi connectivity index (χ4n) is 2.08. The van der Waals surface area contributed by atoms with Gasteiger partial charge in [-0.2, -0.15) is 0 Å². The maximum Gasteiger partial charge on any atom is 0.125 e. The van der Waals surface area contributed by atoms with E-state index in [1.807, 2.05) is 0 Å². The molecule has 0 aromatic heterocycles. The van der Waals surface area contributed by atoms with Crippen LogP contribution in [0.5, 0.6) is 0 Å². The maximum atomic E-state index is 13.1. The molecule has 1 aliphatic rings. The Morgan fingerprint density at radius 1 is 1.29 bits per heavy atom. The fourth-order valence-corrected chi connectivity index (χ4v) is 2.33. The number of ether oxygens (including phenoxy) is 1. The van der Waals surface area contributed by atoms with Gasteiger partial charge in [-0.3, -0.25) is 0 Å². The standard InChI is InChI=1S/C13H17ClFNO/c14-12-5-11(6-13(15)7-12)9-16-8-10-1-3-17-4-2-10/h5-7,10,16H,1-4,8-9H2. The van der Waals surface area contributed by atoms with Crippen LogP contribution in [0.25, 0.3) is 0 Å². The van der Waals surface area contributed by atoms with Crippen molar-refractivity contribution in [2.45, 2.75) is 19.4 Å². The highest BCUT2D eigenvalue weighted by Gasteiger charge is 2.12. The van der Waals surface area contributed by atoms with Gasteiger partial charge >= 0.3 is 0 Å². The fraction of sp³-hybridized carbons (Fsp3) is 0.538. The predicted molar refractivity (Wildman–Crippen MR) is 66.7 cm³/mol. The minimum absolute atomic E-state index is 0.277. The lowest BCUT2D eigenvalue weighted by molar-refractivity contribution is 0.0662. The molecule has 0 bridgehead atoms. The molecule has 4 heteroatoms. The SMILES string of the molecule is Fc1cc(Cl)cc(CNCC2CCOCC2)c1. The van der Waals surface area contributed by atoms with E-state index < -0.39 is 0 Å². The summed E-state index contributed by atoms with van der Waals surface area (Å²) in [5.41, 5.74) is 0.891. The number of benzene rings is 1. The van der Waals surface area contributed by atoms with Crippen LogP contribution >= 0.6 is 11.6 Å². The average molecular weight is 258 g/mol. The number of hydrogen-bond donors (Lipinski definition) is 1. The summed E-state index contributed by atoms with van der Waals surface area (Å²) in [6.45, 7) is 3.34. The van der Waals surface area contributed by atoms with Crippen molar-refractivity contribution in [2.75, 3.05) is 19.8 Å². The zero-order valence-corrected chi connectivity index (χ0v) is 10.5. The summed E-state index contributed by atoms with van der Waals surface area (Å²) >= 11 is 5.79. The van der Waals surface area contributed by atoms with Crippen molar-refractivity contribution in [2.24, 2.45) is 5.92 Å². The van der Waals surface area contributed by atoms with Gasteiger partial charge in [-0.25, -0.2) is 4.39 Å².